The highest BCUT2D eigenvalue weighted by molar-refractivity contribution is 5.85. The molecule has 1 aromatic carbocycles. The fraction of sp³-hybridized carbons (Fsp3) is 0.440. The Labute approximate surface area is 169 Å². The normalized spacial score (nSPS) is 11.5. The van der Waals surface area contributed by atoms with E-state index in [2.05, 4.69) is 52.8 Å². The molecule has 0 saturated carbocycles. The molecule has 1 aromatic heterocycles. The molecule has 0 N–H and O–H groups in total. The van der Waals surface area contributed by atoms with Gasteiger partial charge < -0.3 is 13.9 Å². The van der Waals surface area contributed by atoms with Crippen molar-refractivity contribution in [2.75, 3.05) is 14.2 Å². The minimum absolute atomic E-state index is 0.685. The molecular formula is C25H34O3. The second kappa shape index (κ2) is 10.2. The Balaban J connectivity index is 2.16. The first-order valence-corrected chi connectivity index (χ1v) is 9.97. The van der Waals surface area contributed by atoms with Crippen LogP contribution in [0.3, 0.4) is 0 Å². The second-order valence-electron chi connectivity index (χ2n) is 7.74. The Hall–Kier alpha value is -2.42. The van der Waals surface area contributed by atoms with Gasteiger partial charge in [0.2, 0.25) is 0 Å². The molecule has 0 saturated heterocycles. The van der Waals surface area contributed by atoms with E-state index in [-0.39, 0.29) is 0 Å². The van der Waals surface area contributed by atoms with Crippen LogP contribution in [0.15, 0.2) is 51.5 Å². The summed E-state index contributed by atoms with van der Waals surface area (Å²) in [5.41, 5.74) is 6.21. The van der Waals surface area contributed by atoms with Crippen LogP contribution in [0.4, 0.5) is 0 Å². The summed E-state index contributed by atoms with van der Waals surface area (Å²) in [7, 11) is 3.29. The number of hydrogen-bond donors (Lipinski definition) is 0. The van der Waals surface area contributed by atoms with Gasteiger partial charge in [-0.15, -0.1) is 0 Å². The minimum atomic E-state index is 0.685. The fourth-order valence-corrected chi connectivity index (χ4v) is 3.29. The molecule has 0 aliphatic heterocycles. The Morgan fingerprint density at radius 1 is 0.857 bits per heavy atom. The molecule has 0 atom stereocenters. The third-order valence-corrected chi connectivity index (χ3v) is 4.90. The van der Waals surface area contributed by atoms with Crippen LogP contribution in [0.2, 0.25) is 0 Å². The number of methoxy groups -OCH3 is 2. The smallest absolute Gasteiger partial charge is 0.164 e. The van der Waals surface area contributed by atoms with Gasteiger partial charge in [0, 0.05) is 11.5 Å². The molecule has 0 radical (unpaired) electrons. The van der Waals surface area contributed by atoms with Crippen LogP contribution in [-0.2, 0) is 0 Å². The zero-order valence-corrected chi connectivity index (χ0v) is 18.4. The molecule has 0 unspecified atom stereocenters. The third-order valence-electron chi connectivity index (χ3n) is 4.90. The largest absolute Gasteiger partial charge is 0.493 e. The van der Waals surface area contributed by atoms with Crippen LogP contribution in [0.25, 0.3) is 16.5 Å². The molecule has 3 nitrogen and oxygen atoms in total. The van der Waals surface area contributed by atoms with Crippen molar-refractivity contribution in [2.45, 2.75) is 60.3 Å². The summed E-state index contributed by atoms with van der Waals surface area (Å²) in [5.74, 6) is 2.33. The number of fused-ring (bicyclic) bond motifs is 1. The first kappa shape index (κ1) is 21.9. The molecule has 28 heavy (non-hydrogen) atoms. The van der Waals surface area contributed by atoms with E-state index in [1.807, 2.05) is 12.1 Å². The number of benzene rings is 1. The Bertz CT molecular complexity index is 845. The number of allylic oxidation sites excluding steroid dienone is 6. The predicted octanol–water partition coefficient (Wildman–Crippen LogP) is 7.72. The SMILES string of the molecule is COc1cc2cc(C(CCC=C(C)CCC=C(C)C)=C(C)C)oc2cc1OC. The van der Waals surface area contributed by atoms with Crippen molar-refractivity contribution in [1.29, 1.82) is 0 Å². The lowest BCUT2D eigenvalue weighted by atomic mass is 10.0. The highest BCUT2D eigenvalue weighted by Crippen LogP contribution is 2.36. The monoisotopic (exact) mass is 382 g/mol. The van der Waals surface area contributed by atoms with Gasteiger partial charge in [0.05, 0.1) is 14.2 Å². The summed E-state index contributed by atoms with van der Waals surface area (Å²) in [5, 5.41) is 1.03. The maximum absolute atomic E-state index is 6.16. The number of furan rings is 1. The average Bonchev–Trinajstić information content (AvgIpc) is 3.05. The highest BCUT2D eigenvalue weighted by atomic mass is 16.5. The molecule has 3 heteroatoms. The molecule has 152 valence electrons. The van der Waals surface area contributed by atoms with E-state index in [1.165, 1.54) is 22.3 Å². The summed E-state index contributed by atoms with van der Waals surface area (Å²) < 4.78 is 17.0. The maximum atomic E-state index is 6.16. The lowest BCUT2D eigenvalue weighted by molar-refractivity contribution is 0.355. The van der Waals surface area contributed by atoms with Gasteiger partial charge >= 0.3 is 0 Å². The molecule has 0 fully saturated rings. The van der Waals surface area contributed by atoms with Crippen molar-refractivity contribution in [3.8, 4) is 11.5 Å². The summed E-state index contributed by atoms with van der Waals surface area (Å²) >= 11 is 0. The van der Waals surface area contributed by atoms with Crippen molar-refractivity contribution >= 4 is 16.5 Å². The van der Waals surface area contributed by atoms with Crippen molar-refractivity contribution in [2.24, 2.45) is 0 Å². The molecule has 2 aromatic rings. The molecule has 2 rings (SSSR count). The molecule has 0 aliphatic rings. The van der Waals surface area contributed by atoms with Gasteiger partial charge in [-0.25, -0.2) is 0 Å². The van der Waals surface area contributed by atoms with Crippen molar-refractivity contribution in [3.05, 3.63) is 52.8 Å². The fourth-order valence-electron chi connectivity index (χ4n) is 3.29. The lowest BCUT2D eigenvalue weighted by Gasteiger charge is -2.07. The van der Waals surface area contributed by atoms with Crippen LogP contribution in [0.1, 0.15) is 66.1 Å². The van der Waals surface area contributed by atoms with E-state index < -0.39 is 0 Å². The van der Waals surface area contributed by atoms with Crippen LogP contribution in [-0.4, -0.2) is 14.2 Å². The summed E-state index contributed by atoms with van der Waals surface area (Å²) in [6.07, 6.45) is 8.89. The molecule has 0 aliphatic carbocycles. The summed E-state index contributed by atoms with van der Waals surface area (Å²) in [6, 6.07) is 5.97. The number of hydrogen-bond acceptors (Lipinski definition) is 3. The first-order valence-electron chi connectivity index (χ1n) is 9.97. The van der Waals surface area contributed by atoms with E-state index in [0.717, 1.165) is 48.2 Å². The first-order chi connectivity index (χ1) is 13.3. The van der Waals surface area contributed by atoms with Crippen LogP contribution >= 0.6 is 0 Å². The van der Waals surface area contributed by atoms with E-state index in [4.69, 9.17) is 13.9 Å². The van der Waals surface area contributed by atoms with Gasteiger partial charge in [-0.1, -0.05) is 28.9 Å². The van der Waals surface area contributed by atoms with Crippen molar-refractivity contribution in [1.82, 2.24) is 0 Å². The zero-order chi connectivity index (χ0) is 20.7. The molecule has 0 spiro atoms. The Morgan fingerprint density at radius 2 is 1.50 bits per heavy atom. The van der Waals surface area contributed by atoms with Crippen molar-refractivity contribution in [3.63, 3.8) is 0 Å². The molecule has 0 bridgehead atoms. The van der Waals surface area contributed by atoms with E-state index >= 15 is 0 Å². The summed E-state index contributed by atoms with van der Waals surface area (Å²) in [6.45, 7) is 10.8. The van der Waals surface area contributed by atoms with E-state index in [0.29, 0.717) is 5.75 Å². The third kappa shape index (κ3) is 5.79. The predicted molar refractivity (Wildman–Crippen MR) is 119 cm³/mol. The van der Waals surface area contributed by atoms with Gasteiger partial charge in [-0.05, 0) is 78.0 Å². The lowest BCUT2D eigenvalue weighted by Crippen LogP contribution is -1.89. The highest BCUT2D eigenvalue weighted by Gasteiger charge is 2.14. The van der Waals surface area contributed by atoms with E-state index in [9.17, 15) is 0 Å². The quantitative estimate of drug-likeness (QED) is 0.416. The second-order valence-corrected chi connectivity index (χ2v) is 7.74. The minimum Gasteiger partial charge on any atom is -0.493 e. The van der Waals surface area contributed by atoms with Crippen LogP contribution < -0.4 is 9.47 Å². The number of rotatable bonds is 9. The van der Waals surface area contributed by atoms with Crippen LogP contribution in [0.5, 0.6) is 11.5 Å². The Kier molecular flexibility index (Phi) is 7.98. The van der Waals surface area contributed by atoms with Crippen molar-refractivity contribution < 1.29 is 13.9 Å². The topological polar surface area (TPSA) is 31.6 Å². The molecular weight excluding hydrogens is 348 g/mol. The Morgan fingerprint density at radius 3 is 2.11 bits per heavy atom. The zero-order valence-electron chi connectivity index (χ0n) is 18.4. The average molecular weight is 383 g/mol. The van der Waals surface area contributed by atoms with Gasteiger partial charge in [0.25, 0.3) is 0 Å². The summed E-state index contributed by atoms with van der Waals surface area (Å²) in [4.78, 5) is 0. The molecule has 0 amide bonds. The number of ether oxygens (including phenoxy) is 2. The van der Waals surface area contributed by atoms with E-state index in [1.54, 1.807) is 14.2 Å². The standard InChI is InChI=1S/C25H34O3/c1-17(2)10-8-11-19(5)12-9-13-21(18(3)4)23-14-20-15-24(26-6)25(27-7)16-22(20)28-23/h10,12,14-16H,8-9,11,13H2,1-7H3. The van der Waals surface area contributed by atoms with Gasteiger partial charge in [0.1, 0.15) is 11.3 Å². The maximum Gasteiger partial charge on any atom is 0.164 e. The van der Waals surface area contributed by atoms with Crippen LogP contribution in [0, 0.1) is 0 Å². The van der Waals surface area contributed by atoms with Gasteiger partial charge in [-0.2, -0.15) is 0 Å². The van der Waals surface area contributed by atoms with Gasteiger partial charge in [0.15, 0.2) is 11.5 Å². The van der Waals surface area contributed by atoms with Gasteiger partial charge in [-0.3, -0.25) is 0 Å². The molecule has 1 heterocycles.